The van der Waals surface area contributed by atoms with E-state index in [2.05, 4.69) is 53.4 Å². The van der Waals surface area contributed by atoms with Gasteiger partial charge in [0.1, 0.15) is 5.60 Å². The van der Waals surface area contributed by atoms with E-state index in [0.717, 1.165) is 12.4 Å². The molecule has 0 aliphatic carbocycles. The van der Waals surface area contributed by atoms with Crippen molar-refractivity contribution in [2.45, 2.75) is 111 Å². The number of rotatable bonds is 12. The van der Waals surface area contributed by atoms with E-state index in [4.69, 9.17) is 9.16 Å². The molecule has 0 aromatic carbocycles. The van der Waals surface area contributed by atoms with E-state index in [1.165, 1.54) is 51.4 Å². The van der Waals surface area contributed by atoms with Crippen molar-refractivity contribution in [2.75, 3.05) is 0 Å². The Labute approximate surface area is 140 Å². The molecule has 0 radical (unpaired) electrons. The van der Waals surface area contributed by atoms with Crippen molar-refractivity contribution in [1.82, 2.24) is 0 Å². The highest BCUT2D eigenvalue weighted by molar-refractivity contribution is 6.69. The van der Waals surface area contributed by atoms with Gasteiger partial charge in [0, 0.05) is 0 Å². The van der Waals surface area contributed by atoms with E-state index >= 15 is 0 Å². The van der Waals surface area contributed by atoms with Gasteiger partial charge in [-0.05, 0) is 59.3 Å². The Bertz CT molecular complexity index is 280. The number of allylic oxidation sites excluding steroid dienone is 1. The molecule has 3 heteroatoms. The quantitative estimate of drug-likeness (QED) is 0.217. The first-order valence-corrected chi connectivity index (χ1v) is 12.6. The molecule has 0 spiro atoms. The summed E-state index contributed by atoms with van der Waals surface area (Å²) in [7, 11) is -1.61. The van der Waals surface area contributed by atoms with Crippen LogP contribution in [-0.4, -0.2) is 13.9 Å². The molecule has 0 heterocycles. The lowest BCUT2D eigenvalue weighted by Gasteiger charge is -2.28. The highest BCUT2D eigenvalue weighted by atomic mass is 28.4. The second-order valence-corrected chi connectivity index (χ2v) is 12.6. The van der Waals surface area contributed by atoms with Crippen LogP contribution in [0.2, 0.25) is 19.6 Å². The second kappa shape index (κ2) is 11.1. The summed E-state index contributed by atoms with van der Waals surface area (Å²) in [5, 5.41) is 0. The van der Waals surface area contributed by atoms with Crippen LogP contribution in [0.25, 0.3) is 0 Å². The Morgan fingerprint density at radius 2 is 1.36 bits per heavy atom. The largest absolute Gasteiger partial charge is 0.520 e. The number of unbranched alkanes of at least 4 members (excludes halogenated alkanes) is 8. The minimum absolute atomic E-state index is 0.190. The third-order valence-corrected chi connectivity index (χ3v) is 4.00. The van der Waals surface area contributed by atoms with Crippen LogP contribution in [0.4, 0.5) is 0 Å². The SMILES string of the molecule is CCCCCCCCCC/C=C(/OC(C)(C)C)O[Si](C)(C)C. The molecule has 0 atom stereocenters. The summed E-state index contributed by atoms with van der Waals surface area (Å²) in [6.07, 6.45) is 14.1. The molecule has 0 aromatic rings. The van der Waals surface area contributed by atoms with Gasteiger partial charge in [0.05, 0.1) is 0 Å². The molecule has 0 N–H and O–H groups in total. The standard InChI is InChI=1S/C19H40O2Si/c1-8-9-10-11-12-13-14-15-16-17-18(20-19(2,3)4)21-22(5,6)7/h17H,8-16H2,1-7H3/b18-17-. The van der Waals surface area contributed by atoms with Crippen molar-refractivity contribution in [2.24, 2.45) is 0 Å². The Morgan fingerprint density at radius 3 is 1.82 bits per heavy atom. The Morgan fingerprint density at radius 1 is 0.864 bits per heavy atom. The van der Waals surface area contributed by atoms with Crippen molar-refractivity contribution in [3.8, 4) is 0 Å². The smallest absolute Gasteiger partial charge is 0.261 e. The van der Waals surface area contributed by atoms with Crippen molar-refractivity contribution in [3.63, 3.8) is 0 Å². The van der Waals surface area contributed by atoms with Crippen LogP contribution in [0.5, 0.6) is 0 Å². The maximum Gasteiger partial charge on any atom is 0.261 e. The summed E-state index contributed by atoms with van der Waals surface area (Å²) >= 11 is 0. The van der Waals surface area contributed by atoms with Crippen LogP contribution in [0, 0.1) is 0 Å². The van der Waals surface area contributed by atoms with Gasteiger partial charge in [-0.15, -0.1) is 0 Å². The van der Waals surface area contributed by atoms with Crippen LogP contribution in [0.15, 0.2) is 12.0 Å². The lowest BCUT2D eigenvalue weighted by Crippen LogP contribution is -2.29. The van der Waals surface area contributed by atoms with E-state index in [1.807, 2.05) is 0 Å². The molecule has 0 saturated heterocycles. The first kappa shape index (κ1) is 21.6. The normalized spacial score (nSPS) is 13.3. The van der Waals surface area contributed by atoms with Crippen molar-refractivity contribution in [3.05, 3.63) is 12.0 Å². The first-order chi connectivity index (χ1) is 10.1. The summed E-state index contributed by atoms with van der Waals surface area (Å²) < 4.78 is 12.0. The van der Waals surface area contributed by atoms with Gasteiger partial charge in [-0.1, -0.05) is 51.9 Å². The lowest BCUT2D eigenvalue weighted by atomic mass is 10.1. The number of hydrogen-bond donors (Lipinski definition) is 0. The van der Waals surface area contributed by atoms with Gasteiger partial charge >= 0.3 is 0 Å². The fraction of sp³-hybridized carbons (Fsp3) is 0.895. The summed E-state index contributed by atoms with van der Waals surface area (Å²) in [6.45, 7) is 15.1. The first-order valence-electron chi connectivity index (χ1n) is 9.22. The molecule has 0 aromatic heterocycles. The zero-order valence-electron chi connectivity index (χ0n) is 16.3. The topological polar surface area (TPSA) is 18.5 Å². The van der Waals surface area contributed by atoms with Gasteiger partial charge in [-0.2, -0.15) is 0 Å². The van der Waals surface area contributed by atoms with Gasteiger partial charge in [-0.25, -0.2) is 0 Å². The average Bonchev–Trinajstić information content (AvgIpc) is 2.32. The predicted octanol–water partition coefficient (Wildman–Crippen LogP) is 7.03. The van der Waals surface area contributed by atoms with Crippen LogP contribution in [-0.2, 0) is 9.16 Å². The van der Waals surface area contributed by atoms with E-state index in [0.29, 0.717) is 0 Å². The van der Waals surface area contributed by atoms with E-state index in [-0.39, 0.29) is 5.60 Å². The summed E-state index contributed by atoms with van der Waals surface area (Å²) in [5.41, 5.74) is -0.190. The second-order valence-electron chi connectivity index (χ2n) is 8.22. The zero-order valence-corrected chi connectivity index (χ0v) is 17.3. The van der Waals surface area contributed by atoms with Gasteiger partial charge in [0.2, 0.25) is 8.32 Å². The minimum atomic E-state index is -1.61. The van der Waals surface area contributed by atoms with Crippen molar-refractivity contribution in [1.29, 1.82) is 0 Å². The Hall–Kier alpha value is -0.443. The molecule has 22 heavy (non-hydrogen) atoms. The molecule has 2 nitrogen and oxygen atoms in total. The lowest BCUT2D eigenvalue weighted by molar-refractivity contribution is -0.00908. The highest BCUT2D eigenvalue weighted by Gasteiger charge is 2.22. The highest BCUT2D eigenvalue weighted by Crippen LogP contribution is 2.20. The van der Waals surface area contributed by atoms with Gasteiger partial charge in [-0.3, -0.25) is 0 Å². The van der Waals surface area contributed by atoms with E-state index in [9.17, 15) is 0 Å². The van der Waals surface area contributed by atoms with Gasteiger partial charge in [0.25, 0.3) is 5.95 Å². The molecule has 0 fully saturated rings. The monoisotopic (exact) mass is 328 g/mol. The van der Waals surface area contributed by atoms with Gasteiger partial charge < -0.3 is 9.16 Å². The number of hydrogen-bond acceptors (Lipinski definition) is 2. The molecule has 0 amide bonds. The van der Waals surface area contributed by atoms with E-state index < -0.39 is 8.32 Å². The van der Waals surface area contributed by atoms with Crippen LogP contribution >= 0.6 is 0 Å². The molecule has 0 bridgehead atoms. The Kier molecular flexibility index (Phi) is 10.9. The predicted molar refractivity (Wildman–Crippen MR) is 101 cm³/mol. The molecule has 0 unspecified atom stereocenters. The zero-order chi connectivity index (χ0) is 17.1. The summed E-state index contributed by atoms with van der Waals surface area (Å²) in [6, 6.07) is 0. The molecule has 0 saturated carbocycles. The van der Waals surface area contributed by atoms with Crippen molar-refractivity contribution >= 4 is 8.32 Å². The summed E-state index contributed by atoms with van der Waals surface area (Å²) in [4.78, 5) is 0. The fourth-order valence-electron chi connectivity index (χ4n) is 2.21. The average molecular weight is 329 g/mol. The van der Waals surface area contributed by atoms with Crippen LogP contribution in [0.1, 0.15) is 85.5 Å². The summed E-state index contributed by atoms with van der Waals surface area (Å²) in [5.74, 6) is 0.745. The van der Waals surface area contributed by atoms with Crippen molar-refractivity contribution < 1.29 is 9.16 Å². The maximum atomic E-state index is 6.06. The number of ether oxygens (including phenoxy) is 1. The minimum Gasteiger partial charge on any atom is -0.520 e. The van der Waals surface area contributed by atoms with Crippen LogP contribution < -0.4 is 0 Å². The molecular formula is C19H40O2Si. The van der Waals surface area contributed by atoms with Gasteiger partial charge in [0.15, 0.2) is 0 Å². The van der Waals surface area contributed by atoms with Crippen LogP contribution in [0.3, 0.4) is 0 Å². The Balaban J connectivity index is 3.99. The fourth-order valence-corrected chi connectivity index (χ4v) is 2.93. The maximum absolute atomic E-state index is 6.06. The van der Waals surface area contributed by atoms with E-state index in [1.54, 1.807) is 0 Å². The molecule has 0 rings (SSSR count). The molecule has 132 valence electrons. The molecular weight excluding hydrogens is 288 g/mol. The third-order valence-electron chi connectivity index (χ3n) is 3.18. The molecule has 0 aliphatic heterocycles. The molecule has 0 aliphatic rings. The third kappa shape index (κ3) is 15.9.